The van der Waals surface area contributed by atoms with E-state index in [0.29, 0.717) is 6.07 Å². The molecule has 2 aromatic rings. The second-order valence-corrected chi connectivity index (χ2v) is 8.22. The predicted octanol–water partition coefficient (Wildman–Crippen LogP) is 3.27. The normalized spacial score (nSPS) is 11.8. The molecular weight excluding hydrogens is 435 g/mol. The van der Waals surface area contributed by atoms with Gasteiger partial charge >= 0.3 is 6.18 Å². The average Bonchev–Trinajstić information content (AvgIpc) is 2.84. The van der Waals surface area contributed by atoms with E-state index >= 15 is 0 Å². The Morgan fingerprint density at radius 3 is 2.48 bits per heavy atom. The van der Waals surface area contributed by atoms with Crippen LogP contribution in [0.15, 0.2) is 23.2 Å². The average molecular weight is 450 g/mol. The van der Waals surface area contributed by atoms with Crippen LogP contribution in [0.4, 0.5) is 18.9 Å². The summed E-state index contributed by atoms with van der Waals surface area (Å²) < 4.78 is 70.1. The van der Waals surface area contributed by atoms with Crippen molar-refractivity contribution in [1.29, 1.82) is 0 Å². The summed E-state index contributed by atoms with van der Waals surface area (Å²) in [6.07, 6.45) is 1.32. The Balaban J connectivity index is 2.58. The largest absolute Gasteiger partial charge is 0.436 e. The van der Waals surface area contributed by atoms with Crippen LogP contribution in [0, 0.1) is 12.3 Å². The molecule has 0 radical (unpaired) electrons. The molecule has 7 nitrogen and oxygen atoms in total. The molecule has 1 aromatic carbocycles. The molecule has 0 aliphatic carbocycles. The van der Waals surface area contributed by atoms with E-state index in [1.165, 1.54) is 7.05 Å². The van der Waals surface area contributed by atoms with Gasteiger partial charge in [-0.15, -0.1) is 11.5 Å². The van der Waals surface area contributed by atoms with Crippen molar-refractivity contribution in [2.24, 2.45) is 7.05 Å². The lowest BCUT2D eigenvalue weighted by Crippen LogP contribution is -2.30. The van der Waals surface area contributed by atoms with Crippen molar-refractivity contribution < 1.29 is 31.1 Å². The lowest BCUT2D eigenvalue weighted by Gasteiger charge is -2.23. The maximum Gasteiger partial charge on any atom is 0.418 e. The maximum atomic E-state index is 13.4. The SMILES string of the molecule is C#CCN(C(C)=O)c1cc(Oc2nn(C)c(S(C)(=O)=O)c2Cl)ccc1C(F)(F)F. The number of sulfone groups is 1. The molecule has 2 rings (SSSR count). The first kappa shape index (κ1) is 22.6. The quantitative estimate of drug-likeness (QED) is 0.654. The van der Waals surface area contributed by atoms with Gasteiger partial charge in [-0.3, -0.25) is 9.48 Å². The van der Waals surface area contributed by atoms with E-state index in [0.717, 1.165) is 34.9 Å². The van der Waals surface area contributed by atoms with Gasteiger partial charge in [0.05, 0.1) is 17.8 Å². The molecule has 1 heterocycles. The number of terminal acetylenes is 1. The highest BCUT2D eigenvalue weighted by molar-refractivity contribution is 7.90. The Hall–Kier alpha value is -2.71. The molecule has 12 heteroatoms. The molecule has 0 atom stereocenters. The molecule has 0 aliphatic rings. The fourth-order valence-electron chi connectivity index (χ4n) is 2.53. The Kier molecular flexibility index (Phi) is 6.20. The van der Waals surface area contributed by atoms with E-state index in [4.69, 9.17) is 22.8 Å². The number of anilines is 1. The molecule has 1 amide bonds. The number of hydrogen-bond donors (Lipinski definition) is 0. The number of amides is 1. The van der Waals surface area contributed by atoms with Crippen LogP contribution in [0.5, 0.6) is 11.6 Å². The number of carbonyl (C=O) groups is 1. The molecule has 0 fully saturated rings. The van der Waals surface area contributed by atoms with E-state index in [9.17, 15) is 26.4 Å². The lowest BCUT2D eigenvalue weighted by molar-refractivity contribution is -0.137. The fourth-order valence-corrected chi connectivity index (χ4v) is 4.09. The van der Waals surface area contributed by atoms with Crippen LogP contribution in [-0.2, 0) is 27.9 Å². The number of alkyl halides is 3. The van der Waals surface area contributed by atoms with Gasteiger partial charge in [0.25, 0.3) is 5.88 Å². The molecule has 0 spiro atoms. The van der Waals surface area contributed by atoms with E-state index in [1.54, 1.807) is 0 Å². The summed E-state index contributed by atoms with van der Waals surface area (Å²) in [6.45, 7) is 0.670. The first-order valence-corrected chi connectivity index (χ1v) is 10.1. The number of rotatable bonds is 5. The van der Waals surface area contributed by atoms with Crippen molar-refractivity contribution in [3.63, 3.8) is 0 Å². The van der Waals surface area contributed by atoms with Gasteiger partial charge in [-0.25, -0.2) is 8.42 Å². The van der Waals surface area contributed by atoms with Gasteiger partial charge < -0.3 is 9.64 Å². The van der Waals surface area contributed by atoms with E-state index < -0.39 is 39.7 Å². The molecule has 0 bridgehead atoms. The standard InChI is InChI=1S/C17H15ClF3N3O4S/c1-5-8-24(10(2)25)13-9-11(6-7-12(13)17(19,20)21)28-15-14(18)16(23(3)22-15)29(4,26)27/h1,6-7,9H,8H2,2-4H3. The van der Waals surface area contributed by atoms with Crippen LogP contribution >= 0.6 is 11.6 Å². The van der Waals surface area contributed by atoms with Crippen LogP contribution in [-0.4, -0.2) is 36.9 Å². The van der Waals surface area contributed by atoms with Crippen molar-refractivity contribution in [2.45, 2.75) is 18.1 Å². The monoisotopic (exact) mass is 449 g/mol. The van der Waals surface area contributed by atoms with Crippen LogP contribution in [0.1, 0.15) is 12.5 Å². The van der Waals surface area contributed by atoms with E-state index in [2.05, 4.69) is 11.0 Å². The number of halogens is 4. The highest BCUT2D eigenvalue weighted by atomic mass is 35.5. The first-order chi connectivity index (χ1) is 13.3. The Labute approximate surface area is 169 Å². The third kappa shape index (κ3) is 4.83. The second-order valence-electron chi connectivity index (χ2n) is 5.91. The number of nitrogens with zero attached hydrogens (tertiary/aromatic N) is 3. The zero-order valence-corrected chi connectivity index (χ0v) is 17.0. The van der Waals surface area contributed by atoms with Gasteiger partial charge in [0, 0.05) is 26.3 Å². The number of benzene rings is 1. The second kappa shape index (κ2) is 7.96. The fraction of sp³-hybridized carbons (Fsp3) is 0.294. The van der Waals surface area contributed by atoms with E-state index in [1.807, 2.05) is 0 Å². The minimum absolute atomic E-state index is 0.156. The summed E-state index contributed by atoms with van der Waals surface area (Å²) in [6, 6.07) is 2.66. The molecule has 29 heavy (non-hydrogen) atoms. The van der Waals surface area contributed by atoms with Crippen molar-refractivity contribution in [3.05, 3.63) is 28.8 Å². The van der Waals surface area contributed by atoms with Crippen LogP contribution in [0.25, 0.3) is 0 Å². The molecule has 0 saturated carbocycles. The van der Waals surface area contributed by atoms with Crippen LogP contribution < -0.4 is 9.64 Å². The summed E-state index contributed by atoms with van der Waals surface area (Å²) in [5.74, 6) is 0.934. The van der Waals surface area contributed by atoms with Crippen molar-refractivity contribution in [2.75, 3.05) is 17.7 Å². The van der Waals surface area contributed by atoms with Gasteiger partial charge in [0.15, 0.2) is 14.9 Å². The van der Waals surface area contributed by atoms with E-state index in [-0.39, 0.29) is 21.7 Å². The van der Waals surface area contributed by atoms with Crippen molar-refractivity contribution in [3.8, 4) is 24.0 Å². The lowest BCUT2D eigenvalue weighted by atomic mass is 10.1. The molecular formula is C17H15ClF3N3O4S. The number of hydrogen-bond acceptors (Lipinski definition) is 5. The van der Waals surface area contributed by atoms with Crippen LogP contribution in [0.2, 0.25) is 5.02 Å². The number of aromatic nitrogens is 2. The van der Waals surface area contributed by atoms with Gasteiger partial charge in [0.1, 0.15) is 10.8 Å². The summed E-state index contributed by atoms with van der Waals surface area (Å²) in [7, 11) is -2.42. The van der Waals surface area contributed by atoms with Gasteiger partial charge in [0.2, 0.25) is 5.91 Å². The molecule has 0 N–H and O–H groups in total. The molecule has 156 valence electrons. The minimum Gasteiger partial charge on any atom is -0.436 e. The zero-order chi connectivity index (χ0) is 22.1. The third-order valence-corrected chi connectivity index (χ3v) is 5.29. The highest BCUT2D eigenvalue weighted by Crippen LogP contribution is 2.40. The number of aryl methyl sites for hydroxylation is 1. The third-order valence-electron chi connectivity index (χ3n) is 3.67. The molecule has 0 aliphatic heterocycles. The van der Waals surface area contributed by atoms with Gasteiger partial charge in [-0.05, 0) is 12.1 Å². The summed E-state index contributed by atoms with van der Waals surface area (Å²) in [5, 5.41) is 3.19. The highest BCUT2D eigenvalue weighted by Gasteiger charge is 2.36. The Bertz CT molecular complexity index is 1100. The number of ether oxygens (including phenoxy) is 1. The van der Waals surface area contributed by atoms with Crippen LogP contribution in [0.3, 0.4) is 0 Å². The van der Waals surface area contributed by atoms with Crippen molar-refractivity contribution in [1.82, 2.24) is 9.78 Å². The predicted molar refractivity (Wildman–Crippen MR) is 99.7 cm³/mol. The molecule has 1 aromatic heterocycles. The topological polar surface area (TPSA) is 81.5 Å². The van der Waals surface area contributed by atoms with Gasteiger partial charge in [-0.1, -0.05) is 17.5 Å². The number of carbonyl (C=O) groups excluding carboxylic acids is 1. The molecule has 0 unspecified atom stereocenters. The van der Waals surface area contributed by atoms with Crippen molar-refractivity contribution >= 4 is 33.0 Å². The Morgan fingerprint density at radius 2 is 2.03 bits per heavy atom. The first-order valence-electron chi connectivity index (χ1n) is 7.80. The molecule has 0 saturated heterocycles. The summed E-state index contributed by atoms with van der Waals surface area (Å²) >= 11 is 6.01. The zero-order valence-electron chi connectivity index (χ0n) is 15.4. The summed E-state index contributed by atoms with van der Waals surface area (Å²) in [4.78, 5) is 12.6. The minimum atomic E-state index is -4.76. The summed E-state index contributed by atoms with van der Waals surface area (Å²) in [5.41, 5.74) is -1.62. The van der Waals surface area contributed by atoms with Gasteiger partial charge in [-0.2, -0.15) is 13.2 Å². The Morgan fingerprint density at radius 1 is 1.41 bits per heavy atom. The maximum absolute atomic E-state index is 13.4. The smallest absolute Gasteiger partial charge is 0.418 e.